The molecule has 0 saturated carbocycles. The van der Waals surface area contributed by atoms with Gasteiger partial charge in [0.2, 0.25) is 11.8 Å². The molecule has 0 bridgehead atoms. The fourth-order valence-electron chi connectivity index (χ4n) is 1.96. The van der Waals surface area contributed by atoms with Crippen molar-refractivity contribution in [2.24, 2.45) is 5.73 Å². The van der Waals surface area contributed by atoms with E-state index in [4.69, 9.17) is 5.73 Å². The molecule has 2 rings (SSSR count). The van der Waals surface area contributed by atoms with E-state index in [0.29, 0.717) is 0 Å². The highest BCUT2D eigenvalue weighted by Crippen LogP contribution is 2.20. The van der Waals surface area contributed by atoms with Gasteiger partial charge in [0.05, 0.1) is 19.2 Å². The number of aliphatic hydroxyl groups excluding tert-OH is 1. The van der Waals surface area contributed by atoms with Crippen molar-refractivity contribution >= 4 is 17.5 Å². The van der Waals surface area contributed by atoms with Gasteiger partial charge in [0.1, 0.15) is 0 Å². The first kappa shape index (κ1) is 13.5. The molecule has 1 atom stereocenters. The van der Waals surface area contributed by atoms with Gasteiger partial charge in [-0.3, -0.25) is 14.5 Å². The van der Waals surface area contributed by atoms with Crippen molar-refractivity contribution in [2.75, 3.05) is 31.6 Å². The lowest BCUT2D eigenvalue weighted by Gasteiger charge is -2.32. The summed E-state index contributed by atoms with van der Waals surface area (Å²) in [4.78, 5) is 26.1. The molecular formula is C13H17N3O3. The van der Waals surface area contributed by atoms with E-state index in [9.17, 15) is 14.7 Å². The van der Waals surface area contributed by atoms with Gasteiger partial charge in [0.15, 0.2) is 0 Å². The molecule has 1 aliphatic rings. The third-order valence-electron chi connectivity index (χ3n) is 3.27. The SMILES string of the molecule is CN1C(=O)CN(c2ccc(C(O)CN)cc2)CC1=O. The maximum atomic E-state index is 11.6. The topological polar surface area (TPSA) is 86.9 Å². The number of hydrogen-bond acceptors (Lipinski definition) is 5. The van der Waals surface area contributed by atoms with Gasteiger partial charge < -0.3 is 15.7 Å². The van der Waals surface area contributed by atoms with Gasteiger partial charge in [0, 0.05) is 19.3 Å². The highest BCUT2D eigenvalue weighted by Gasteiger charge is 2.28. The van der Waals surface area contributed by atoms with Gasteiger partial charge in [-0.15, -0.1) is 0 Å². The summed E-state index contributed by atoms with van der Waals surface area (Å²) in [5.41, 5.74) is 6.88. The molecule has 1 aromatic carbocycles. The lowest BCUT2D eigenvalue weighted by molar-refractivity contribution is -0.143. The Morgan fingerprint density at radius 1 is 1.21 bits per heavy atom. The Hall–Kier alpha value is -1.92. The van der Waals surface area contributed by atoms with Gasteiger partial charge in [-0.05, 0) is 17.7 Å². The van der Waals surface area contributed by atoms with Crippen molar-refractivity contribution in [3.63, 3.8) is 0 Å². The van der Waals surface area contributed by atoms with E-state index in [2.05, 4.69) is 0 Å². The predicted octanol–water partition coefficient (Wildman–Crippen LogP) is -0.516. The van der Waals surface area contributed by atoms with Crippen molar-refractivity contribution in [3.05, 3.63) is 29.8 Å². The van der Waals surface area contributed by atoms with Gasteiger partial charge in [-0.2, -0.15) is 0 Å². The fourth-order valence-corrected chi connectivity index (χ4v) is 1.96. The summed E-state index contributed by atoms with van der Waals surface area (Å²) in [7, 11) is 1.49. The van der Waals surface area contributed by atoms with Gasteiger partial charge in [-0.25, -0.2) is 0 Å². The van der Waals surface area contributed by atoms with Crippen molar-refractivity contribution in [1.29, 1.82) is 0 Å². The number of imide groups is 1. The zero-order valence-corrected chi connectivity index (χ0v) is 10.7. The first-order valence-corrected chi connectivity index (χ1v) is 6.05. The normalized spacial score (nSPS) is 17.8. The summed E-state index contributed by atoms with van der Waals surface area (Å²) < 4.78 is 0. The predicted molar refractivity (Wildman–Crippen MR) is 70.4 cm³/mol. The standard InChI is InChI=1S/C13H17N3O3/c1-15-12(18)7-16(8-13(15)19)10-4-2-9(3-5-10)11(17)6-14/h2-5,11,17H,6-8,14H2,1H3. The van der Waals surface area contributed by atoms with Crippen LogP contribution in [-0.2, 0) is 9.59 Å². The molecule has 6 nitrogen and oxygen atoms in total. The first-order valence-electron chi connectivity index (χ1n) is 6.05. The number of nitrogens with two attached hydrogens (primary N) is 1. The van der Waals surface area contributed by atoms with Crippen LogP contribution in [0.25, 0.3) is 0 Å². The zero-order valence-electron chi connectivity index (χ0n) is 10.7. The second-order valence-corrected chi connectivity index (χ2v) is 4.55. The molecular weight excluding hydrogens is 246 g/mol. The Labute approximate surface area is 111 Å². The highest BCUT2D eigenvalue weighted by molar-refractivity contribution is 6.02. The van der Waals surface area contributed by atoms with Crippen LogP contribution >= 0.6 is 0 Å². The number of nitrogens with zero attached hydrogens (tertiary/aromatic N) is 2. The molecule has 3 N–H and O–H groups in total. The Kier molecular flexibility index (Phi) is 3.82. The molecule has 19 heavy (non-hydrogen) atoms. The summed E-state index contributed by atoms with van der Waals surface area (Å²) in [5.74, 6) is -0.440. The first-order chi connectivity index (χ1) is 9.02. The Balaban J connectivity index is 2.14. The zero-order chi connectivity index (χ0) is 14.0. The van der Waals surface area contributed by atoms with Crippen LogP contribution in [0.5, 0.6) is 0 Å². The maximum absolute atomic E-state index is 11.6. The number of benzene rings is 1. The molecule has 1 fully saturated rings. The summed E-state index contributed by atoms with van der Waals surface area (Å²) in [5, 5.41) is 9.60. The quantitative estimate of drug-likeness (QED) is 0.717. The number of rotatable bonds is 3. The maximum Gasteiger partial charge on any atom is 0.248 e. The second-order valence-electron chi connectivity index (χ2n) is 4.55. The second kappa shape index (κ2) is 5.38. The molecule has 102 valence electrons. The third-order valence-corrected chi connectivity index (χ3v) is 3.27. The molecule has 1 heterocycles. The third kappa shape index (κ3) is 2.74. The molecule has 0 aromatic heterocycles. The van der Waals surface area contributed by atoms with Crippen molar-refractivity contribution < 1.29 is 14.7 Å². The number of anilines is 1. The average Bonchev–Trinajstić information content (AvgIpc) is 2.43. The van der Waals surface area contributed by atoms with E-state index in [1.165, 1.54) is 7.05 Å². The molecule has 1 aromatic rings. The highest BCUT2D eigenvalue weighted by atomic mass is 16.3. The molecule has 6 heteroatoms. The Morgan fingerprint density at radius 2 is 1.74 bits per heavy atom. The number of aliphatic hydroxyl groups is 1. The van der Waals surface area contributed by atoms with Crippen LogP contribution in [-0.4, -0.2) is 48.5 Å². The number of carbonyl (C=O) groups is 2. The van der Waals surface area contributed by atoms with E-state index in [-0.39, 0.29) is 31.4 Å². The van der Waals surface area contributed by atoms with Crippen LogP contribution in [0.4, 0.5) is 5.69 Å². The molecule has 0 spiro atoms. The molecule has 0 aliphatic carbocycles. The van der Waals surface area contributed by atoms with E-state index < -0.39 is 6.10 Å². The summed E-state index contributed by atoms with van der Waals surface area (Å²) >= 11 is 0. The fraction of sp³-hybridized carbons (Fsp3) is 0.385. The van der Waals surface area contributed by atoms with Crippen LogP contribution in [0.2, 0.25) is 0 Å². The van der Waals surface area contributed by atoms with E-state index >= 15 is 0 Å². The van der Waals surface area contributed by atoms with Gasteiger partial charge in [-0.1, -0.05) is 12.1 Å². The van der Waals surface area contributed by atoms with Gasteiger partial charge >= 0.3 is 0 Å². The lowest BCUT2D eigenvalue weighted by atomic mass is 10.1. The number of likely N-dealkylation sites (N-methyl/N-ethyl adjacent to an activating group) is 1. The molecule has 1 unspecified atom stereocenters. The number of piperazine rings is 1. The van der Waals surface area contributed by atoms with E-state index in [1.807, 2.05) is 0 Å². The monoisotopic (exact) mass is 263 g/mol. The number of hydrogen-bond donors (Lipinski definition) is 2. The van der Waals surface area contributed by atoms with Crippen LogP contribution in [0.1, 0.15) is 11.7 Å². The largest absolute Gasteiger partial charge is 0.387 e. The van der Waals surface area contributed by atoms with Crippen LogP contribution in [0.15, 0.2) is 24.3 Å². The van der Waals surface area contributed by atoms with E-state index in [1.54, 1.807) is 29.2 Å². The Morgan fingerprint density at radius 3 is 2.21 bits per heavy atom. The molecule has 2 amide bonds. The van der Waals surface area contributed by atoms with Crippen LogP contribution < -0.4 is 10.6 Å². The van der Waals surface area contributed by atoms with E-state index in [0.717, 1.165) is 16.2 Å². The summed E-state index contributed by atoms with van der Waals surface area (Å²) in [6.45, 7) is 0.521. The van der Waals surface area contributed by atoms with Crippen LogP contribution in [0.3, 0.4) is 0 Å². The summed E-state index contributed by atoms with van der Waals surface area (Å²) in [6, 6.07) is 7.06. The molecule has 1 saturated heterocycles. The van der Waals surface area contributed by atoms with Gasteiger partial charge in [0.25, 0.3) is 0 Å². The average molecular weight is 263 g/mol. The van der Waals surface area contributed by atoms with Crippen molar-refractivity contribution in [2.45, 2.75) is 6.10 Å². The van der Waals surface area contributed by atoms with Crippen LogP contribution in [0, 0.1) is 0 Å². The Bertz CT molecular complexity index is 468. The van der Waals surface area contributed by atoms with Crippen molar-refractivity contribution in [1.82, 2.24) is 4.90 Å². The smallest absolute Gasteiger partial charge is 0.248 e. The lowest BCUT2D eigenvalue weighted by Crippen LogP contribution is -2.52. The number of carbonyl (C=O) groups excluding carboxylic acids is 2. The van der Waals surface area contributed by atoms with Crippen molar-refractivity contribution in [3.8, 4) is 0 Å². The minimum absolute atomic E-state index is 0.158. The molecule has 0 radical (unpaired) electrons. The minimum atomic E-state index is -0.690. The molecule has 1 aliphatic heterocycles. The summed E-state index contributed by atoms with van der Waals surface area (Å²) in [6.07, 6.45) is -0.690. The number of amides is 2. The minimum Gasteiger partial charge on any atom is -0.387 e.